The molecule has 0 bridgehead atoms. The second kappa shape index (κ2) is 6.94. The normalized spacial score (nSPS) is 11.2. The fourth-order valence-electron chi connectivity index (χ4n) is 3.58. The number of hydrogen-bond donors (Lipinski definition) is 3. The molecule has 1 aliphatic heterocycles. The van der Waals surface area contributed by atoms with Gasteiger partial charge in [0.25, 0.3) is 0 Å². The molecule has 5 rings (SSSR count). The minimum absolute atomic E-state index is 0.536. The van der Waals surface area contributed by atoms with Crippen LogP contribution < -0.4 is 14.8 Å². The van der Waals surface area contributed by atoms with Crippen LogP contribution in [0.4, 0.5) is 5.82 Å². The minimum atomic E-state index is 0.536. The SMILES string of the molecule is COc1cc2cc3c(NCc4cc(-c5ccccc5)on4)[nH][nH]c-3c2cc1OC. The second-order valence-corrected chi connectivity index (χ2v) is 6.75. The molecular weight excluding hydrogens is 368 g/mol. The number of hydrogen-bond acceptors (Lipinski definition) is 5. The van der Waals surface area contributed by atoms with Gasteiger partial charge in [-0.3, -0.25) is 10.2 Å². The standard InChI is InChI=1S/C22H20N4O3/c1-27-19-9-14-8-17-21(16(14)11-20(19)28-2)24-25-22(17)23-12-15-10-18(29-26-15)13-6-4-3-5-7-13/h3-11,23-25H,12H2,1-2H3. The molecule has 0 fully saturated rings. The maximum absolute atomic E-state index is 5.47. The summed E-state index contributed by atoms with van der Waals surface area (Å²) in [6.45, 7) is 0.536. The van der Waals surface area contributed by atoms with E-state index in [9.17, 15) is 0 Å². The van der Waals surface area contributed by atoms with E-state index >= 15 is 0 Å². The van der Waals surface area contributed by atoms with Gasteiger partial charge in [0.2, 0.25) is 0 Å². The zero-order chi connectivity index (χ0) is 19.8. The summed E-state index contributed by atoms with van der Waals surface area (Å²) in [5.41, 5.74) is 3.90. The van der Waals surface area contributed by atoms with Gasteiger partial charge < -0.3 is 19.3 Å². The molecule has 3 N–H and O–H groups in total. The number of rotatable bonds is 6. The summed E-state index contributed by atoms with van der Waals surface area (Å²) in [4.78, 5) is 0. The van der Waals surface area contributed by atoms with Gasteiger partial charge in [-0.05, 0) is 23.6 Å². The molecule has 1 aliphatic carbocycles. The Labute approximate surface area is 166 Å². The number of fused-ring (bicyclic) bond motifs is 3. The van der Waals surface area contributed by atoms with Crippen LogP contribution >= 0.6 is 0 Å². The number of benzene rings is 2. The Morgan fingerprint density at radius 1 is 0.966 bits per heavy atom. The smallest absolute Gasteiger partial charge is 0.167 e. The third-order valence-corrected chi connectivity index (χ3v) is 5.04. The largest absolute Gasteiger partial charge is 0.493 e. The molecule has 0 saturated carbocycles. The van der Waals surface area contributed by atoms with Crippen molar-refractivity contribution in [1.29, 1.82) is 0 Å². The molecule has 7 nitrogen and oxygen atoms in total. The van der Waals surface area contributed by atoms with E-state index in [1.165, 1.54) is 0 Å². The van der Waals surface area contributed by atoms with E-state index in [2.05, 4.69) is 26.7 Å². The maximum Gasteiger partial charge on any atom is 0.167 e. The molecule has 2 heterocycles. The third-order valence-electron chi connectivity index (χ3n) is 5.04. The molecular formula is C22H20N4O3. The zero-order valence-corrected chi connectivity index (χ0v) is 16.1. The zero-order valence-electron chi connectivity index (χ0n) is 16.1. The Kier molecular flexibility index (Phi) is 4.13. The molecule has 0 radical (unpaired) electrons. The number of H-pyrrole nitrogens is 2. The summed E-state index contributed by atoms with van der Waals surface area (Å²) >= 11 is 0. The summed E-state index contributed by atoms with van der Waals surface area (Å²) in [5, 5.41) is 16.1. The number of nitrogens with one attached hydrogen (secondary N) is 3. The predicted octanol–water partition coefficient (Wildman–Crippen LogP) is 4.89. The number of methoxy groups -OCH3 is 2. The van der Waals surface area contributed by atoms with Gasteiger partial charge in [-0.1, -0.05) is 35.5 Å². The van der Waals surface area contributed by atoms with E-state index in [0.717, 1.165) is 44.9 Å². The predicted molar refractivity (Wildman–Crippen MR) is 112 cm³/mol. The summed E-state index contributed by atoms with van der Waals surface area (Å²) in [6.07, 6.45) is 0. The minimum Gasteiger partial charge on any atom is -0.493 e. The van der Waals surface area contributed by atoms with Crippen LogP contribution in [0.2, 0.25) is 0 Å². The van der Waals surface area contributed by atoms with Crippen LogP contribution in [0.5, 0.6) is 11.5 Å². The van der Waals surface area contributed by atoms with Gasteiger partial charge in [0.1, 0.15) is 11.5 Å². The van der Waals surface area contributed by atoms with Crippen LogP contribution in [-0.4, -0.2) is 29.6 Å². The van der Waals surface area contributed by atoms with Crippen molar-refractivity contribution in [2.45, 2.75) is 6.54 Å². The van der Waals surface area contributed by atoms with E-state index in [0.29, 0.717) is 18.0 Å². The average Bonchev–Trinajstić information content (AvgIpc) is 3.47. The van der Waals surface area contributed by atoms with Gasteiger partial charge in [-0.2, -0.15) is 0 Å². The number of aromatic nitrogens is 3. The van der Waals surface area contributed by atoms with Gasteiger partial charge >= 0.3 is 0 Å². The molecule has 0 unspecified atom stereocenters. The molecule has 0 amide bonds. The van der Waals surface area contributed by atoms with Crippen molar-refractivity contribution in [3.63, 3.8) is 0 Å². The van der Waals surface area contributed by atoms with Gasteiger partial charge in [-0.15, -0.1) is 0 Å². The van der Waals surface area contributed by atoms with Crippen LogP contribution in [0, 0.1) is 0 Å². The lowest BCUT2D eigenvalue weighted by atomic mass is 10.1. The van der Waals surface area contributed by atoms with E-state index in [4.69, 9.17) is 14.0 Å². The molecule has 3 aromatic rings. The van der Waals surface area contributed by atoms with Crippen LogP contribution in [-0.2, 0) is 6.54 Å². The topological polar surface area (TPSA) is 88.1 Å². The first-order valence-electron chi connectivity index (χ1n) is 9.26. The monoisotopic (exact) mass is 388 g/mol. The Morgan fingerprint density at radius 3 is 2.55 bits per heavy atom. The number of anilines is 1. The highest BCUT2D eigenvalue weighted by Crippen LogP contribution is 2.42. The molecule has 2 aliphatic rings. The molecule has 1 aromatic heterocycles. The van der Waals surface area contributed by atoms with Crippen molar-refractivity contribution < 1.29 is 14.0 Å². The van der Waals surface area contributed by atoms with E-state index in [1.807, 2.05) is 48.5 Å². The number of aromatic amines is 2. The summed E-state index contributed by atoms with van der Waals surface area (Å²) < 4.78 is 16.3. The highest BCUT2D eigenvalue weighted by Gasteiger charge is 2.19. The Morgan fingerprint density at radius 2 is 1.76 bits per heavy atom. The molecule has 0 atom stereocenters. The maximum atomic E-state index is 5.47. The molecule has 2 aromatic carbocycles. The van der Waals surface area contributed by atoms with Crippen molar-refractivity contribution in [2.24, 2.45) is 0 Å². The van der Waals surface area contributed by atoms with Crippen molar-refractivity contribution in [1.82, 2.24) is 15.4 Å². The van der Waals surface area contributed by atoms with E-state index in [1.54, 1.807) is 14.2 Å². The fraction of sp³-hybridized carbons (Fsp3) is 0.136. The molecule has 0 spiro atoms. The average molecular weight is 388 g/mol. The quantitative estimate of drug-likeness (QED) is 0.386. The Bertz CT molecular complexity index is 1240. The second-order valence-electron chi connectivity index (χ2n) is 6.75. The van der Waals surface area contributed by atoms with Crippen molar-refractivity contribution in [3.05, 3.63) is 60.3 Å². The highest BCUT2D eigenvalue weighted by atomic mass is 16.5. The Hall–Kier alpha value is -3.87. The first-order chi connectivity index (χ1) is 14.3. The van der Waals surface area contributed by atoms with Crippen LogP contribution in [0.25, 0.3) is 33.4 Å². The van der Waals surface area contributed by atoms with Crippen molar-refractivity contribution in [2.75, 3.05) is 19.5 Å². The Balaban J connectivity index is 1.39. The van der Waals surface area contributed by atoms with E-state index in [-0.39, 0.29) is 0 Å². The number of ether oxygens (including phenoxy) is 2. The lowest BCUT2D eigenvalue weighted by Gasteiger charge is -2.07. The van der Waals surface area contributed by atoms with Gasteiger partial charge in [0.15, 0.2) is 17.3 Å². The molecule has 29 heavy (non-hydrogen) atoms. The highest BCUT2D eigenvalue weighted by molar-refractivity contribution is 6.05. The fourth-order valence-corrected chi connectivity index (χ4v) is 3.58. The summed E-state index contributed by atoms with van der Waals surface area (Å²) in [6, 6.07) is 18.0. The van der Waals surface area contributed by atoms with Crippen molar-refractivity contribution in [3.8, 4) is 34.1 Å². The van der Waals surface area contributed by atoms with Gasteiger partial charge in [0.05, 0.1) is 26.5 Å². The number of nitrogens with zero attached hydrogens (tertiary/aromatic N) is 1. The molecule has 146 valence electrons. The van der Waals surface area contributed by atoms with Crippen LogP contribution in [0.15, 0.2) is 59.1 Å². The van der Waals surface area contributed by atoms with Gasteiger partial charge in [-0.25, -0.2) is 0 Å². The van der Waals surface area contributed by atoms with Crippen molar-refractivity contribution >= 4 is 16.6 Å². The molecule has 0 saturated heterocycles. The lowest BCUT2D eigenvalue weighted by molar-refractivity contribution is 0.356. The summed E-state index contributed by atoms with van der Waals surface area (Å²) in [5.74, 6) is 3.05. The lowest BCUT2D eigenvalue weighted by Crippen LogP contribution is -2.00. The van der Waals surface area contributed by atoms with Crippen LogP contribution in [0.1, 0.15) is 5.69 Å². The van der Waals surface area contributed by atoms with Gasteiger partial charge in [0, 0.05) is 22.6 Å². The van der Waals surface area contributed by atoms with Crippen LogP contribution in [0.3, 0.4) is 0 Å². The van der Waals surface area contributed by atoms with E-state index < -0.39 is 0 Å². The molecule has 7 heteroatoms. The first-order valence-corrected chi connectivity index (χ1v) is 9.26. The third kappa shape index (κ3) is 2.97. The first kappa shape index (κ1) is 17.2. The summed E-state index contributed by atoms with van der Waals surface area (Å²) in [7, 11) is 3.28.